The molecule has 3 rings (SSSR count). The van der Waals surface area contributed by atoms with Gasteiger partial charge in [0, 0.05) is 24.6 Å². The summed E-state index contributed by atoms with van der Waals surface area (Å²) in [4.78, 5) is 20.7. The van der Waals surface area contributed by atoms with Crippen molar-refractivity contribution in [2.24, 2.45) is 0 Å². The summed E-state index contributed by atoms with van der Waals surface area (Å²) >= 11 is 0. The number of hydrogen-bond acceptors (Lipinski definition) is 4. The lowest BCUT2D eigenvalue weighted by Gasteiger charge is -2.08. The predicted octanol–water partition coefficient (Wildman–Crippen LogP) is 3.96. The molecule has 0 spiro atoms. The molecule has 3 aromatic rings. The van der Waals surface area contributed by atoms with Crippen molar-refractivity contribution < 1.29 is 4.79 Å². The summed E-state index contributed by atoms with van der Waals surface area (Å²) in [5.74, 6) is 0.268. The molecule has 0 saturated heterocycles. The Hall–Kier alpha value is -3.21. The molecule has 25 heavy (non-hydrogen) atoms. The molecule has 5 heteroatoms. The maximum absolute atomic E-state index is 12.3. The largest absolute Gasteiger partial charge is 0.350 e. The number of carbonyl (C=O) groups is 1. The number of benzene rings is 2. The van der Waals surface area contributed by atoms with Crippen molar-refractivity contribution in [3.8, 4) is 0 Å². The molecular weight excluding hydrogens is 312 g/mol. The molecule has 0 atom stereocenters. The maximum atomic E-state index is 12.3. The van der Waals surface area contributed by atoms with Crippen LogP contribution in [0.25, 0.3) is 0 Å². The van der Waals surface area contributed by atoms with Gasteiger partial charge < -0.3 is 10.6 Å². The molecule has 0 aliphatic rings. The molecule has 0 saturated carbocycles. The van der Waals surface area contributed by atoms with Gasteiger partial charge in [-0.3, -0.25) is 4.79 Å². The zero-order valence-electron chi connectivity index (χ0n) is 14.3. The van der Waals surface area contributed by atoms with E-state index in [1.807, 2.05) is 62.4 Å². The highest BCUT2D eigenvalue weighted by molar-refractivity contribution is 6.03. The van der Waals surface area contributed by atoms with E-state index in [9.17, 15) is 4.79 Å². The van der Waals surface area contributed by atoms with Gasteiger partial charge in [-0.25, -0.2) is 9.97 Å². The third-order valence-electron chi connectivity index (χ3n) is 3.97. The average molecular weight is 332 g/mol. The first kappa shape index (κ1) is 16.6. The second-order valence-corrected chi connectivity index (χ2v) is 5.89. The molecule has 0 fully saturated rings. The summed E-state index contributed by atoms with van der Waals surface area (Å²) in [5, 5.41) is 6.00. The van der Waals surface area contributed by atoms with Crippen molar-refractivity contribution in [2.45, 2.75) is 20.4 Å². The summed E-state index contributed by atoms with van der Waals surface area (Å²) < 4.78 is 0. The molecule has 1 aromatic heterocycles. The number of nitrogens with one attached hydrogen (secondary N) is 2. The fourth-order valence-electron chi connectivity index (χ4n) is 2.34. The van der Waals surface area contributed by atoms with Crippen LogP contribution in [0.2, 0.25) is 0 Å². The number of amides is 1. The van der Waals surface area contributed by atoms with Crippen LogP contribution < -0.4 is 10.6 Å². The Balaban J connectivity index is 1.61. The third kappa shape index (κ3) is 4.41. The number of anilines is 2. The molecule has 5 nitrogen and oxygen atoms in total. The molecule has 0 aliphatic carbocycles. The molecular formula is C20H20N4O. The van der Waals surface area contributed by atoms with Crippen LogP contribution in [0.4, 0.5) is 11.6 Å². The second kappa shape index (κ2) is 7.57. The monoisotopic (exact) mass is 332 g/mol. The first-order chi connectivity index (χ1) is 12.1. The van der Waals surface area contributed by atoms with E-state index in [0.717, 1.165) is 16.8 Å². The Kier molecular flexibility index (Phi) is 5.04. The number of hydrogen-bond donors (Lipinski definition) is 2. The summed E-state index contributed by atoms with van der Waals surface area (Å²) in [7, 11) is 0. The van der Waals surface area contributed by atoms with Crippen LogP contribution in [-0.4, -0.2) is 15.9 Å². The summed E-state index contributed by atoms with van der Waals surface area (Å²) in [6.07, 6.45) is 3.05. The summed E-state index contributed by atoms with van der Waals surface area (Å²) in [5.41, 5.74) is 4.65. The molecule has 1 heterocycles. The molecule has 0 radical (unpaired) electrons. The van der Waals surface area contributed by atoms with Gasteiger partial charge in [-0.1, -0.05) is 36.4 Å². The minimum Gasteiger partial charge on any atom is -0.350 e. The number of aromatic nitrogens is 2. The number of carbonyl (C=O) groups excluding carboxylic acids is 1. The predicted molar refractivity (Wildman–Crippen MR) is 99.7 cm³/mol. The maximum Gasteiger partial charge on any atom is 0.258 e. The van der Waals surface area contributed by atoms with E-state index in [4.69, 9.17) is 0 Å². The van der Waals surface area contributed by atoms with Gasteiger partial charge in [0.15, 0.2) is 0 Å². The third-order valence-corrected chi connectivity index (χ3v) is 3.97. The normalized spacial score (nSPS) is 10.3. The number of nitrogens with zero attached hydrogens (tertiary/aromatic N) is 2. The fraction of sp³-hybridized carbons (Fsp3) is 0.150. The van der Waals surface area contributed by atoms with Crippen LogP contribution in [0.1, 0.15) is 27.0 Å². The highest BCUT2D eigenvalue weighted by Gasteiger charge is 2.08. The highest BCUT2D eigenvalue weighted by atomic mass is 16.1. The lowest BCUT2D eigenvalue weighted by Crippen LogP contribution is -2.13. The van der Waals surface area contributed by atoms with Crippen LogP contribution in [-0.2, 0) is 6.54 Å². The van der Waals surface area contributed by atoms with Crippen molar-refractivity contribution in [2.75, 3.05) is 10.6 Å². The molecule has 126 valence electrons. The van der Waals surface area contributed by atoms with Gasteiger partial charge in [0.25, 0.3) is 5.91 Å². The van der Waals surface area contributed by atoms with E-state index in [0.29, 0.717) is 18.1 Å². The Labute approximate surface area is 147 Å². The first-order valence-corrected chi connectivity index (χ1v) is 8.10. The van der Waals surface area contributed by atoms with E-state index >= 15 is 0 Å². The van der Waals surface area contributed by atoms with Gasteiger partial charge >= 0.3 is 0 Å². The first-order valence-electron chi connectivity index (χ1n) is 8.10. The summed E-state index contributed by atoms with van der Waals surface area (Å²) in [6.45, 7) is 4.69. The molecule has 1 amide bonds. The van der Waals surface area contributed by atoms with Crippen molar-refractivity contribution in [1.82, 2.24) is 9.97 Å². The topological polar surface area (TPSA) is 66.9 Å². The molecule has 0 bridgehead atoms. The van der Waals surface area contributed by atoms with E-state index in [-0.39, 0.29) is 5.91 Å². The van der Waals surface area contributed by atoms with Crippen molar-refractivity contribution >= 4 is 17.5 Å². The van der Waals surface area contributed by atoms with Gasteiger partial charge in [-0.15, -0.1) is 0 Å². The fourth-order valence-corrected chi connectivity index (χ4v) is 2.34. The second-order valence-electron chi connectivity index (χ2n) is 5.89. The van der Waals surface area contributed by atoms with Gasteiger partial charge in [0.2, 0.25) is 5.95 Å². The highest BCUT2D eigenvalue weighted by Crippen LogP contribution is 2.15. The Bertz CT molecular complexity index is 861. The number of aryl methyl sites for hydroxylation is 2. The van der Waals surface area contributed by atoms with E-state index in [1.165, 1.54) is 18.0 Å². The van der Waals surface area contributed by atoms with Crippen LogP contribution in [0.15, 0.2) is 60.9 Å². The molecule has 2 aromatic carbocycles. The van der Waals surface area contributed by atoms with Crippen molar-refractivity contribution in [3.05, 3.63) is 83.2 Å². The number of rotatable bonds is 5. The van der Waals surface area contributed by atoms with Gasteiger partial charge in [0.05, 0.1) is 5.56 Å². The minimum absolute atomic E-state index is 0.224. The van der Waals surface area contributed by atoms with Crippen LogP contribution in [0, 0.1) is 13.8 Å². The zero-order chi connectivity index (χ0) is 17.6. The van der Waals surface area contributed by atoms with E-state index in [1.54, 1.807) is 0 Å². The molecule has 2 N–H and O–H groups in total. The van der Waals surface area contributed by atoms with Crippen molar-refractivity contribution in [3.63, 3.8) is 0 Å². The van der Waals surface area contributed by atoms with E-state index < -0.39 is 0 Å². The summed E-state index contributed by atoms with van der Waals surface area (Å²) in [6, 6.07) is 15.8. The lowest BCUT2D eigenvalue weighted by atomic mass is 10.1. The minimum atomic E-state index is -0.224. The van der Waals surface area contributed by atoms with Gasteiger partial charge in [-0.05, 0) is 42.7 Å². The Morgan fingerprint density at radius 3 is 2.36 bits per heavy atom. The van der Waals surface area contributed by atoms with Gasteiger partial charge in [0.1, 0.15) is 0 Å². The van der Waals surface area contributed by atoms with Gasteiger partial charge in [-0.2, -0.15) is 0 Å². The van der Waals surface area contributed by atoms with E-state index in [2.05, 4.69) is 20.6 Å². The lowest BCUT2D eigenvalue weighted by molar-refractivity contribution is 0.102. The van der Waals surface area contributed by atoms with Crippen LogP contribution in [0.5, 0.6) is 0 Å². The zero-order valence-corrected chi connectivity index (χ0v) is 14.3. The quantitative estimate of drug-likeness (QED) is 0.742. The SMILES string of the molecule is Cc1ccc(NC(=O)c2cnc(NCc3ccccc3)nc2)cc1C. The molecule has 0 unspecified atom stereocenters. The molecule has 0 aliphatic heterocycles. The van der Waals surface area contributed by atoms with Crippen molar-refractivity contribution in [1.29, 1.82) is 0 Å². The Morgan fingerprint density at radius 1 is 0.960 bits per heavy atom. The van der Waals surface area contributed by atoms with Crippen LogP contribution >= 0.6 is 0 Å². The Morgan fingerprint density at radius 2 is 1.68 bits per heavy atom. The standard InChI is InChI=1S/C20H20N4O/c1-14-8-9-18(10-15(14)2)24-19(25)17-12-22-20(23-13-17)21-11-16-6-4-3-5-7-16/h3-10,12-13H,11H2,1-2H3,(H,24,25)(H,21,22,23). The average Bonchev–Trinajstić information content (AvgIpc) is 2.64. The smallest absolute Gasteiger partial charge is 0.258 e. The van der Waals surface area contributed by atoms with Crippen LogP contribution in [0.3, 0.4) is 0 Å².